The van der Waals surface area contributed by atoms with E-state index in [9.17, 15) is 15.0 Å². The third kappa shape index (κ3) is 0.888. The number of aliphatic carboxylic acids is 1. The molecule has 4 rings (SSSR count). The minimum Gasteiger partial charge on any atom is -0.481 e. The minimum absolute atomic E-state index is 0.275. The highest BCUT2D eigenvalue weighted by atomic mass is 16.4. The fraction of sp³-hybridized carbons (Fsp3) is 0.909. The third-order valence-electron chi connectivity index (χ3n) is 4.68. The standard InChI is InChI=1S/C11H16O3/c12-9-8-2-6-1-7(3-8)5-11(9,4-6)10(13)14/h6-9,12H,1-5H2,(H,13,14)/t6-,7-,8?,9-,11?/m0/s1. The zero-order valence-corrected chi connectivity index (χ0v) is 8.15. The second kappa shape index (κ2) is 2.51. The van der Waals surface area contributed by atoms with Gasteiger partial charge in [0.2, 0.25) is 0 Å². The van der Waals surface area contributed by atoms with E-state index >= 15 is 0 Å². The molecule has 0 radical (unpaired) electrons. The molecule has 14 heavy (non-hydrogen) atoms. The predicted octanol–water partition coefficient (Wildman–Crippen LogP) is 1.26. The van der Waals surface area contributed by atoms with Crippen LogP contribution in [-0.2, 0) is 4.79 Å². The van der Waals surface area contributed by atoms with Gasteiger partial charge in [-0.05, 0) is 49.9 Å². The lowest BCUT2D eigenvalue weighted by atomic mass is 9.48. The molecular weight excluding hydrogens is 180 g/mol. The van der Waals surface area contributed by atoms with Crippen LogP contribution in [0.2, 0.25) is 0 Å². The molecule has 0 amide bonds. The van der Waals surface area contributed by atoms with Gasteiger partial charge in [0, 0.05) is 0 Å². The van der Waals surface area contributed by atoms with Gasteiger partial charge >= 0.3 is 5.97 Å². The molecule has 3 heteroatoms. The monoisotopic (exact) mass is 196 g/mol. The maximum Gasteiger partial charge on any atom is 0.312 e. The molecule has 4 fully saturated rings. The fourth-order valence-corrected chi connectivity index (χ4v) is 4.31. The lowest BCUT2D eigenvalue weighted by molar-refractivity contribution is -0.191. The molecular formula is C11H16O3. The average Bonchev–Trinajstić information content (AvgIpc) is 2.12. The van der Waals surface area contributed by atoms with Gasteiger partial charge in [-0.1, -0.05) is 0 Å². The van der Waals surface area contributed by atoms with E-state index in [1.165, 1.54) is 6.42 Å². The second-order valence-corrected chi connectivity index (χ2v) is 5.51. The molecule has 0 aromatic heterocycles. The van der Waals surface area contributed by atoms with E-state index in [-0.39, 0.29) is 5.92 Å². The van der Waals surface area contributed by atoms with Crippen molar-refractivity contribution < 1.29 is 15.0 Å². The molecule has 0 aliphatic heterocycles. The van der Waals surface area contributed by atoms with Crippen molar-refractivity contribution in [1.29, 1.82) is 0 Å². The van der Waals surface area contributed by atoms with Crippen LogP contribution in [0, 0.1) is 23.2 Å². The van der Waals surface area contributed by atoms with E-state index in [0.717, 1.165) is 25.7 Å². The molecule has 78 valence electrons. The highest BCUT2D eigenvalue weighted by Gasteiger charge is 2.60. The van der Waals surface area contributed by atoms with Crippen LogP contribution in [0.15, 0.2) is 0 Å². The summed E-state index contributed by atoms with van der Waals surface area (Å²) in [5.41, 5.74) is -0.769. The normalized spacial score (nSPS) is 54.9. The Hall–Kier alpha value is -0.570. The number of carboxylic acids is 1. The first-order valence-electron chi connectivity index (χ1n) is 5.53. The summed E-state index contributed by atoms with van der Waals surface area (Å²) in [6, 6.07) is 0. The van der Waals surface area contributed by atoms with Crippen molar-refractivity contribution in [3.63, 3.8) is 0 Å². The molecule has 0 spiro atoms. The molecule has 3 atom stereocenters. The molecule has 0 aromatic carbocycles. The van der Waals surface area contributed by atoms with Crippen molar-refractivity contribution in [2.75, 3.05) is 0 Å². The number of carbonyl (C=O) groups is 1. The van der Waals surface area contributed by atoms with Crippen LogP contribution in [0.3, 0.4) is 0 Å². The van der Waals surface area contributed by atoms with Crippen LogP contribution in [0.4, 0.5) is 0 Å². The van der Waals surface area contributed by atoms with Crippen molar-refractivity contribution in [2.24, 2.45) is 23.2 Å². The Morgan fingerprint density at radius 2 is 1.71 bits per heavy atom. The smallest absolute Gasteiger partial charge is 0.312 e. The summed E-state index contributed by atoms with van der Waals surface area (Å²) in [6.45, 7) is 0. The first kappa shape index (κ1) is 8.72. The van der Waals surface area contributed by atoms with Gasteiger partial charge in [0.15, 0.2) is 0 Å². The number of hydrogen-bond acceptors (Lipinski definition) is 2. The third-order valence-corrected chi connectivity index (χ3v) is 4.68. The Kier molecular flexibility index (Phi) is 1.56. The summed E-state index contributed by atoms with van der Waals surface area (Å²) >= 11 is 0. The lowest BCUT2D eigenvalue weighted by Crippen LogP contribution is -2.59. The van der Waals surface area contributed by atoms with E-state index in [4.69, 9.17) is 0 Å². The molecule has 0 saturated heterocycles. The SMILES string of the molecule is O=C(O)C12C[C@@H]3CC(C[C@H](C3)C1)[C@@H]2O. The molecule has 0 heterocycles. The largest absolute Gasteiger partial charge is 0.481 e. The van der Waals surface area contributed by atoms with Crippen molar-refractivity contribution in [3.05, 3.63) is 0 Å². The van der Waals surface area contributed by atoms with Gasteiger partial charge in [0.25, 0.3) is 0 Å². The van der Waals surface area contributed by atoms with Crippen molar-refractivity contribution >= 4 is 5.97 Å². The van der Waals surface area contributed by atoms with Crippen LogP contribution in [-0.4, -0.2) is 22.3 Å². The van der Waals surface area contributed by atoms with Gasteiger partial charge < -0.3 is 10.2 Å². The summed E-state index contributed by atoms with van der Waals surface area (Å²) in [7, 11) is 0. The summed E-state index contributed by atoms with van der Waals surface area (Å²) in [5, 5.41) is 19.4. The molecule has 2 N–H and O–H groups in total. The van der Waals surface area contributed by atoms with Gasteiger partial charge in [0.05, 0.1) is 11.5 Å². The average molecular weight is 196 g/mol. The Bertz CT molecular complexity index is 272. The maximum atomic E-state index is 11.3. The lowest BCUT2D eigenvalue weighted by Gasteiger charge is -2.57. The number of aliphatic hydroxyl groups is 1. The highest BCUT2D eigenvalue weighted by Crippen LogP contribution is 2.60. The molecule has 3 nitrogen and oxygen atoms in total. The summed E-state index contributed by atoms with van der Waals surface area (Å²) in [4.78, 5) is 11.3. The van der Waals surface area contributed by atoms with E-state index in [1.807, 2.05) is 0 Å². The zero-order valence-electron chi connectivity index (χ0n) is 8.15. The van der Waals surface area contributed by atoms with E-state index in [2.05, 4.69) is 0 Å². The van der Waals surface area contributed by atoms with E-state index in [0.29, 0.717) is 11.8 Å². The van der Waals surface area contributed by atoms with E-state index in [1.54, 1.807) is 0 Å². The number of rotatable bonds is 1. The van der Waals surface area contributed by atoms with Gasteiger partial charge in [-0.2, -0.15) is 0 Å². The quantitative estimate of drug-likeness (QED) is 0.663. The second-order valence-electron chi connectivity index (χ2n) is 5.51. The van der Waals surface area contributed by atoms with Gasteiger partial charge in [-0.3, -0.25) is 4.79 Å². The predicted molar refractivity (Wildman–Crippen MR) is 49.6 cm³/mol. The van der Waals surface area contributed by atoms with Crippen LogP contribution in [0.1, 0.15) is 32.1 Å². The number of carboxylic acid groups (broad SMARTS) is 1. The van der Waals surface area contributed by atoms with Gasteiger partial charge in [-0.25, -0.2) is 0 Å². The molecule has 4 aliphatic rings. The molecule has 0 unspecified atom stereocenters. The first-order valence-corrected chi connectivity index (χ1v) is 5.53. The van der Waals surface area contributed by atoms with Crippen LogP contribution >= 0.6 is 0 Å². The topological polar surface area (TPSA) is 57.5 Å². The van der Waals surface area contributed by atoms with Crippen molar-refractivity contribution in [3.8, 4) is 0 Å². The van der Waals surface area contributed by atoms with Crippen LogP contribution in [0.5, 0.6) is 0 Å². The molecule has 0 aromatic rings. The van der Waals surface area contributed by atoms with Crippen LogP contribution in [0.25, 0.3) is 0 Å². The number of aliphatic hydroxyl groups excluding tert-OH is 1. The van der Waals surface area contributed by atoms with Crippen molar-refractivity contribution in [1.82, 2.24) is 0 Å². The summed E-state index contributed by atoms with van der Waals surface area (Å²) < 4.78 is 0. The summed E-state index contributed by atoms with van der Waals surface area (Å²) in [6.07, 6.45) is 4.19. The minimum atomic E-state index is -0.769. The molecule has 4 bridgehead atoms. The van der Waals surface area contributed by atoms with E-state index < -0.39 is 17.5 Å². The van der Waals surface area contributed by atoms with Gasteiger partial charge in [-0.15, -0.1) is 0 Å². The van der Waals surface area contributed by atoms with Gasteiger partial charge in [0.1, 0.15) is 0 Å². The molecule has 4 aliphatic carbocycles. The zero-order chi connectivity index (χ0) is 9.92. The Balaban J connectivity index is 2.01. The Morgan fingerprint density at radius 1 is 1.14 bits per heavy atom. The highest BCUT2D eigenvalue weighted by molar-refractivity contribution is 5.76. The maximum absolute atomic E-state index is 11.3. The molecule has 4 saturated carbocycles. The first-order chi connectivity index (χ1) is 6.62. The summed E-state index contributed by atoms with van der Waals surface area (Å²) in [5.74, 6) is 0.667. The fourth-order valence-electron chi connectivity index (χ4n) is 4.31. The van der Waals surface area contributed by atoms with Crippen molar-refractivity contribution in [2.45, 2.75) is 38.2 Å². The number of hydrogen-bond donors (Lipinski definition) is 2. The Labute approximate surface area is 83.1 Å². The van der Waals surface area contributed by atoms with Crippen LogP contribution < -0.4 is 0 Å². The Morgan fingerprint density at radius 3 is 2.21 bits per heavy atom.